The lowest BCUT2D eigenvalue weighted by Crippen LogP contribution is -2.37. The molecule has 5 nitrogen and oxygen atoms in total. The van der Waals surface area contributed by atoms with Crippen molar-refractivity contribution in [2.75, 3.05) is 20.2 Å². The number of aryl methyl sites for hydroxylation is 1. The lowest BCUT2D eigenvalue weighted by atomic mass is 10.1. The molecule has 136 valence electrons. The highest BCUT2D eigenvalue weighted by molar-refractivity contribution is 5.95. The molecule has 1 heterocycles. The highest BCUT2D eigenvalue weighted by Gasteiger charge is 2.30. The number of hydrogen-bond acceptors (Lipinski definition) is 3. The smallest absolute Gasteiger partial charge is 0.251 e. The van der Waals surface area contributed by atoms with Crippen molar-refractivity contribution in [3.05, 3.63) is 65.7 Å². The lowest BCUT2D eigenvalue weighted by Gasteiger charge is -2.17. The van der Waals surface area contributed by atoms with Gasteiger partial charge in [0.25, 0.3) is 5.91 Å². The first-order chi connectivity index (χ1) is 12.7. The van der Waals surface area contributed by atoms with E-state index in [1.165, 1.54) is 5.56 Å². The highest BCUT2D eigenvalue weighted by Crippen LogP contribution is 2.16. The summed E-state index contributed by atoms with van der Waals surface area (Å²) in [5, 5.41) is 2.96. The largest absolute Gasteiger partial charge is 0.497 e. The number of nitrogens with zero attached hydrogens (tertiary/aromatic N) is 1. The Bertz CT molecular complexity index is 761. The molecule has 1 saturated heterocycles. The highest BCUT2D eigenvalue weighted by atomic mass is 16.5. The number of rotatable bonds is 7. The third-order valence-corrected chi connectivity index (χ3v) is 4.62. The normalized spacial score (nSPS) is 16.6. The summed E-state index contributed by atoms with van der Waals surface area (Å²) in [6.45, 7) is 1.29. The van der Waals surface area contributed by atoms with Gasteiger partial charge >= 0.3 is 0 Å². The number of benzene rings is 2. The molecule has 1 aliphatic rings. The van der Waals surface area contributed by atoms with Gasteiger partial charge in [-0.15, -0.1) is 0 Å². The van der Waals surface area contributed by atoms with Gasteiger partial charge < -0.3 is 15.0 Å². The van der Waals surface area contributed by atoms with Crippen LogP contribution in [-0.4, -0.2) is 43.0 Å². The average Bonchev–Trinajstić information content (AvgIpc) is 3.01. The molecule has 1 unspecified atom stereocenters. The van der Waals surface area contributed by atoms with E-state index in [1.54, 1.807) is 31.4 Å². The summed E-state index contributed by atoms with van der Waals surface area (Å²) >= 11 is 0. The van der Waals surface area contributed by atoms with Gasteiger partial charge in [0.05, 0.1) is 13.2 Å². The van der Waals surface area contributed by atoms with E-state index >= 15 is 0 Å². The number of ether oxygens (including phenoxy) is 1. The summed E-state index contributed by atoms with van der Waals surface area (Å²) in [6.07, 6.45) is 2.23. The number of carbonyl (C=O) groups excluding carboxylic acids is 2. The first-order valence-corrected chi connectivity index (χ1v) is 8.92. The van der Waals surface area contributed by atoms with Gasteiger partial charge in [-0.25, -0.2) is 0 Å². The van der Waals surface area contributed by atoms with E-state index < -0.39 is 0 Å². The van der Waals surface area contributed by atoms with Crippen LogP contribution in [0.2, 0.25) is 0 Å². The maximum Gasteiger partial charge on any atom is 0.251 e. The molecule has 5 heteroatoms. The van der Waals surface area contributed by atoms with Gasteiger partial charge in [-0.3, -0.25) is 9.59 Å². The molecule has 0 aromatic heterocycles. The summed E-state index contributed by atoms with van der Waals surface area (Å²) in [5.41, 5.74) is 1.82. The Hall–Kier alpha value is -2.82. The maximum atomic E-state index is 12.4. The monoisotopic (exact) mass is 352 g/mol. The van der Waals surface area contributed by atoms with Crippen molar-refractivity contribution in [1.29, 1.82) is 0 Å². The molecular formula is C21H24N2O3. The predicted molar refractivity (Wildman–Crippen MR) is 100 cm³/mol. The second-order valence-corrected chi connectivity index (χ2v) is 6.54. The van der Waals surface area contributed by atoms with Gasteiger partial charge in [0.15, 0.2) is 0 Å². The van der Waals surface area contributed by atoms with Gasteiger partial charge in [-0.2, -0.15) is 0 Å². The van der Waals surface area contributed by atoms with Crippen LogP contribution in [0.4, 0.5) is 0 Å². The van der Waals surface area contributed by atoms with Crippen LogP contribution in [0.15, 0.2) is 54.6 Å². The number of amides is 2. The number of carbonyl (C=O) groups is 2. The molecule has 1 fully saturated rings. The minimum absolute atomic E-state index is 0.106. The maximum absolute atomic E-state index is 12.4. The molecule has 2 aromatic rings. The van der Waals surface area contributed by atoms with Gasteiger partial charge in [0, 0.05) is 25.1 Å². The summed E-state index contributed by atoms with van der Waals surface area (Å²) < 4.78 is 5.15. The van der Waals surface area contributed by atoms with Crippen LogP contribution in [0.25, 0.3) is 0 Å². The Kier molecular flexibility index (Phi) is 5.89. The van der Waals surface area contributed by atoms with Crippen molar-refractivity contribution < 1.29 is 14.3 Å². The zero-order valence-corrected chi connectivity index (χ0v) is 15.0. The van der Waals surface area contributed by atoms with E-state index in [0.717, 1.165) is 19.4 Å². The Balaban J connectivity index is 1.48. The molecule has 2 aromatic carbocycles. The fourth-order valence-corrected chi connectivity index (χ4v) is 3.24. The van der Waals surface area contributed by atoms with E-state index in [0.29, 0.717) is 24.3 Å². The molecule has 3 rings (SSSR count). The third-order valence-electron chi connectivity index (χ3n) is 4.62. The van der Waals surface area contributed by atoms with Crippen LogP contribution < -0.4 is 10.1 Å². The van der Waals surface area contributed by atoms with Crippen molar-refractivity contribution in [1.82, 2.24) is 10.2 Å². The second-order valence-electron chi connectivity index (χ2n) is 6.54. The summed E-state index contributed by atoms with van der Waals surface area (Å²) in [6, 6.07) is 17.1. The number of likely N-dealkylation sites (tertiary alicyclic amines) is 1. The predicted octanol–water partition coefficient (Wildman–Crippen LogP) is 2.66. The van der Waals surface area contributed by atoms with Gasteiger partial charge in [-0.1, -0.05) is 36.4 Å². The van der Waals surface area contributed by atoms with E-state index in [-0.39, 0.29) is 17.9 Å². The molecule has 0 aliphatic carbocycles. The van der Waals surface area contributed by atoms with Crippen LogP contribution in [-0.2, 0) is 11.2 Å². The number of nitrogens with one attached hydrogen (secondary N) is 1. The lowest BCUT2D eigenvalue weighted by molar-refractivity contribution is -0.127. The third kappa shape index (κ3) is 4.63. The molecule has 0 spiro atoms. The summed E-state index contributed by atoms with van der Waals surface area (Å²) in [7, 11) is 1.57. The minimum atomic E-state index is -0.173. The van der Waals surface area contributed by atoms with Crippen LogP contribution >= 0.6 is 0 Å². The van der Waals surface area contributed by atoms with Crippen LogP contribution in [0, 0.1) is 0 Å². The zero-order valence-electron chi connectivity index (χ0n) is 15.0. The van der Waals surface area contributed by atoms with Gasteiger partial charge in [0.2, 0.25) is 5.91 Å². The van der Waals surface area contributed by atoms with E-state index in [4.69, 9.17) is 4.74 Å². The number of hydrogen-bond donors (Lipinski definition) is 1. The molecule has 2 amide bonds. The Morgan fingerprint density at radius 2 is 2.00 bits per heavy atom. The van der Waals surface area contributed by atoms with Crippen LogP contribution in [0.3, 0.4) is 0 Å². The SMILES string of the molecule is COc1cccc(C(=O)NC2CC(=O)N(CCCc3ccccc3)C2)c1. The fraction of sp³-hybridized carbons (Fsp3) is 0.333. The first kappa shape index (κ1) is 18.0. The molecule has 0 radical (unpaired) electrons. The minimum Gasteiger partial charge on any atom is -0.497 e. The molecule has 1 aliphatic heterocycles. The molecule has 26 heavy (non-hydrogen) atoms. The topological polar surface area (TPSA) is 58.6 Å². The molecule has 0 saturated carbocycles. The van der Waals surface area contributed by atoms with Crippen molar-refractivity contribution in [2.24, 2.45) is 0 Å². The zero-order chi connectivity index (χ0) is 18.4. The quantitative estimate of drug-likeness (QED) is 0.833. The van der Waals surface area contributed by atoms with Gasteiger partial charge in [-0.05, 0) is 36.6 Å². The fourth-order valence-electron chi connectivity index (χ4n) is 3.24. The molecule has 1 N–H and O–H groups in total. The summed E-state index contributed by atoms with van der Waals surface area (Å²) in [4.78, 5) is 26.4. The summed E-state index contributed by atoms with van der Waals surface area (Å²) in [5.74, 6) is 0.574. The number of methoxy groups -OCH3 is 1. The van der Waals surface area contributed by atoms with Crippen LogP contribution in [0.1, 0.15) is 28.8 Å². The Morgan fingerprint density at radius 1 is 1.19 bits per heavy atom. The van der Waals surface area contributed by atoms with E-state index in [2.05, 4.69) is 17.4 Å². The average molecular weight is 352 g/mol. The van der Waals surface area contributed by atoms with Crippen molar-refractivity contribution >= 4 is 11.8 Å². The molecule has 1 atom stereocenters. The second kappa shape index (κ2) is 8.52. The van der Waals surface area contributed by atoms with Crippen molar-refractivity contribution in [3.8, 4) is 5.75 Å². The van der Waals surface area contributed by atoms with Crippen molar-refractivity contribution in [2.45, 2.75) is 25.3 Å². The van der Waals surface area contributed by atoms with E-state index in [1.807, 2.05) is 23.1 Å². The van der Waals surface area contributed by atoms with E-state index in [9.17, 15) is 9.59 Å². The molecule has 0 bridgehead atoms. The standard InChI is InChI=1S/C21H24N2O3/c1-26-19-11-5-10-17(13-19)21(25)22-18-14-20(24)23(15-18)12-6-9-16-7-3-2-4-8-16/h2-5,7-8,10-11,13,18H,6,9,12,14-15H2,1H3,(H,22,25). The van der Waals surface area contributed by atoms with Gasteiger partial charge in [0.1, 0.15) is 5.75 Å². The first-order valence-electron chi connectivity index (χ1n) is 8.92. The van der Waals surface area contributed by atoms with Crippen molar-refractivity contribution in [3.63, 3.8) is 0 Å². The van der Waals surface area contributed by atoms with Crippen LogP contribution in [0.5, 0.6) is 5.75 Å². The molecular weight excluding hydrogens is 328 g/mol. The Labute approximate surface area is 154 Å². The Morgan fingerprint density at radius 3 is 2.77 bits per heavy atom.